The van der Waals surface area contributed by atoms with Gasteiger partial charge < -0.3 is 14.1 Å². The predicted molar refractivity (Wildman–Crippen MR) is 246 cm³/mol. The number of rotatable bonds is 4. The summed E-state index contributed by atoms with van der Waals surface area (Å²) in [5.41, 5.74) is 13.9. The van der Waals surface area contributed by atoms with Gasteiger partial charge in [-0.15, -0.1) is 0 Å². The molecule has 3 heteroatoms. The van der Waals surface area contributed by atoms with E-state index >= 15 is 0 Å². The second kappa shape index (κ2) is 12.6. The maximum atomic E-state index is 7.20. The Morgan fingerprint density at radius 3 is 1.75 bits per heavy atom. The van der Waals surface area contributed by atoms with Crippen molar-refractivity contribution in [2.75, 3.05) is 4.90 Å². The molecule has 10 aromatic carbocycles. The topological polar surface area (TPSA) is 25.6 Å². The molecule has 0 radical (unpaired) electrons. The average molecular weight is 766 g/mol. The van der Waals surface area contributed by atoms with Crippen LogP contribution in [0.4, 0.5) is 17.1 Å². The molecule has 1 aromatic heterocycles. The fourth-order valence-corrected chi connectivity index (χ4v) is 10.4. The first kappa shape index (κ1) is 33.1. The highest BCUT2D eigenvalue weighted by Crippen LogP contribution is 2.65. The van der Waals surface area contributed by atoms with Gasteiger partial charge in [0, 0.05) is 44.0 Å². The third-order valence-corrected chi connectivity index (χ3v) is 12.9. The smallest absolute Gasteiger partial charge is 0.159 e. The van der Waals surface area contributed by atoms with Gasteiger partial charge >= 0.3 is 0 Å². The van der Waals surface area contributed by atoms with E-state index in [0.717, 1.165) is 88.7 Å². The molecule has 0 atom stereocenters. The van der Waals surface area contributed by atoms with E-state index in [1.54, 1.807) is 0 Å². The minimum absolute atomic E-state index is 0.621. The van der Waals surface area contributed by atoms with Crippen molar-refractivity contribution in [3.05, 3.63) is 235 Å². The molecule has 0 unspecified atom stereocenters. The lowest BCUT2D eigenvalue weighted by Gasteiger charge is -2.40. The quantitative estimate of drug-likeness (QED) is 0.178. The van der Waals surface area contributed by atoms with E-state index in [-0.39, 0.29) is 0 Å². The van der Waals surface area contributed by atoms with Gasteiger partial charge in [-0.3, -0.25) is 0 Å². The third kappa shape index (κ3) is 4.49. The van der Waals surface area contributed by atoms with E-state index in [4.69, 9.17) is 9.15 Å². The van der Waals surface area contributed by atoms with Crippen LogP contribution in [-0.4, -0.2) is 0 Å². The van der Waals surface area contributed by atoms with Crippen LogP contribution < -0.4 is 9.64 Å². The number of benzene rings is 10. The molecule has 13 rings (SSSR count). The second-order valence-corrected chi connectivity index (χ2v) is 15.9. The largest absolute Gasteiger partial charge is 0.455 e. The molecular formula is C57H35NO2. The van der Waals surface area contributed by atoms with E-state index in [2.05, 4.69) is 205 Å². The lowest BCUT2D eigenvalue weighted by atomic mass is 9.65. The number of ether oxygens (including phenoxy) is 1. The Hall–Kier alpha value is -7.88. The highest BCUT2D eigenvalue weighted by atomic mass is 16.5. The van der Waals surface area contributed by atoms with E-state index in [0.29, 0.717) is 0 Å². The van der Waals surface area contributed by atoms with E-state index in [1.807, 2.05) is 12.1 Å². The van der Waals surface area contributed by atoms with Crippen molar-refractivity contribution in [2.45, 2.75) is 5.41 Å². The average Bonchev–Trinajstić information content (AvgIpc) is 3.84. The molecule has 3 nitrogen and oxygen atoms in total. The summed E-state index contributed by atoms with van der Waals surface area (Å²) < 4.78 is 13.8. The number of fused-ring (bicyclic) bond motifs is 16. The molecule has 11 aromatic rings. The Balaban J connectivity index is 1.07. The minimum Gasteiger partial charge on any atom is -0.455 e. The van der Waals surface area contributed by atoms with Gasteiger partial charge in [0.1, 0.15) is 17.1 Å². The van der Waals surface area contributed by atoms with Crippen LogP contribution in [-0.2, 0) is 5.41 Å². The van der Waals surface area contributed by atoms with Crippen LogP contribution in [0.1, 0.15) is 22.3 Å². The summed E-state index contributed by atoms with van der Waals surface area (Å²) in [6, 6.07) is 76.6. The van der Waals surface area contributed by atoms with Crippen molar-refractivity contribution in [3.8, 4) is 33.8 Å². The predicted octanol–water partition coefficient (Wildman–Crippen LogP) is 15.5. The van der Waals surface area contributed by atoms with E-state index < -0.39 is 5.41 Å². The van der Waals surface area contributed by atoms with Crippen molar-refractivity contribution in [1.82, 2.24) is 0 Å². The van der Waals surface area contributed by atoms with Gasteiger partial charge in [0.25, 0.3) is 0 Å². The Labute approximate surface area is 347 Å². The van der Waals surface area contributed by atoms with Crippen molar-refractivity contribution in [1.29, 1.82) is 0 Å². The molecule has 280 valence electrons. The number of nitrogens with zero attached hydrogens (tertiary/aromatic N) is 1. The molecule has 1 aliphatic carbocycles. The van der Waals surface area contributed by atoms with Crippen LogP contribution in [0.15, 0.2) is 217 Å². The molecule has 2 heterocycles. The SMILES string of the molecule is c1ccc(N(c2cccc(-c3cccc4c3-c3ccccc3C43c4ccc5ccccc5c4Oc4c3ccc3ccccc43)c2)c2cccc3c2oc2ccccc23)cc1. The Morgan fingerprint density at radius 2 is 0.967 bits per heavy atom. The van der Waals surface area contributed by atoms with Crippen LogP contribution in [0.3, 0.4) is 0 Å². The molecule has 0 saturated heterocycles. The van der Waals surface area contributed by atoms with E-state index in [9.17, 15) is 0 Å². The monoisotopic (exact) mass is 765 g/mol. The molecule has 1 spiro atoms. The van der Waals surface area contributed by atoms with Crippen LogP contribution in [0, 0.1) is 0 Å². The molecule has 0 fully saturated rings. The van der Waals surface area contributed by atoms with E-state index in [1.165, 1.54) is 27.8 Å². The summed E-state index contributed by atoms with van der Waals surface area (Å²) in [6.45, 7) is 0. The van der Waals surface area contributed by atoms with Gasteiger partial charge in [0.15, 0.2) is 5.58 Å². The highest BCUT2D eigenvalue weighted by molar-refractivity contribution is 6.10. The van der Waals surface area contributed by atoms with Gasteiger partial charge in [-0.25, -0.2) is 0 Å². The Bertz CT molecular complexity index is 3460. The molecule has 2 aliphatic rings. The highest BCUT2D eigenvalue weighted by Gasteiger charge is 2.52. The van der Waals surface area contributed by atoms with Gasteiger partial charge in [-0.2, -0.15) is 0 Å². The molecular weight excluding hydrogens is 731 g/mol. The number of furan rings is 1. The molecule has 60 heavy (non-hydrogen) atoms. The lowest BCUT2D eigenvalue weighted by molar-refractivity contribution is 0.447. The summed E-state index contributed by atoms with van der Waals surface area (Å²) in [6.07, 6.45) is 0. The first-order valence-electron chi connectivity index (χ1n) is 20.6. The maximum Gasteiger partial charge on any atom is 0.159 e. The Morgan fingerprint density at radius 1 is 0.383 bits per heavy atom. The Kier molecular flexibility index (Phi) is 6.93. The maximum absolute atomic E-state index is 7.20. The molecule has 0 amide bonds. The summed E-state index contributed by atoms with van der Waals surface area (Å²) in [5, 5.41) is 6.76. The second-order valence-electron chi connectivity index (χ2n) is 15.9. The zero-order chi connectivity index (χ0) is 39.4. The zero-order valence-corrected chi connectivity index (χ0v) is 32.5. The fraction of sp³-hybridized carbons (Fsp3) is 0.0175. The van der Waals surface area contributed by atoms with Crippen molar-refractivity contribution < 1.29 is 9.15 Å². The summed E-state index contributed by atoms with van der Waals surface area (Å²) in [7, 11) is 0. The van der Waals surface area contributed by atoms with Gasteiger partial charge in [0.2, 0.25) is 0 Å². The molecule has 1 aliphatic heterocycles. The number of hydrogen-bond acceptors (Lipinski definition) is 3. The summed E-state index contributed by atoms with van der Waals surface area (Å²) in [5.74, 6) is 1.84. The summed E-state index contributed by atoms with van der Waals surface area (Å²) in [4.78, 5) is 2.33. The standard InChI is InChI=1S/C57H35NO2/c1-2-18-39(19-3-1)58(51-29-14-26-45-44-23-9-11-30-52(44)59-56(45)51)40-20-12-17-38(35-40)41-25-13-28-48-53(41)46-24-8-10-27-47(46)57(48)49-33-31-36-15-4-6-21-42(36)54(49)60-55-43-22-7-5-16-37(43)32-34-50(55)57/h1-35H. The summed E-state index contributed by atoms with van der Waals surface area (Å²) >= 11 is 0. The van der Waals surface area contributed by atoms with Gasteiger partial charge in [-0.05, 0) is 80.6 Å². The van der Waals surface area contributed by atoms with Gasteiger partial charge in [0.05, 0.1) is 11.1 Å². The van der Waals surface area contributed by atoms with Crippen molar-refractivity contribution in [2.24, 2.45) is 0 Å². The third-order valence-electron chi connectivity index (χ3n) is 12.9. The minimum atomic E-state index is -0.621. The number of anilines is 3. The number of para-hydroxylation sites is 3. The zero-order valence-electron chi connectivity index (χ0n) is 32.5. The normalized spacial score (nSPS) is 13.3. The number of hydrogen-bond donors (Lipinski definition) is 0. The lowest BCUT2D eigenvalue weighted by Crippen LogP contribution is -2.32. The molecule has 0 N–H and O–H groups in total. The molecule has 0 saturated carbocycles. The van der Waals surface area contributed by atoms with Crippen molar-refractivity contribution in [3.63, 3.8) is 0 Å². The van der Waals surface area contributed by atoms with Crippen LogP contribution in [0.2, 0.25) is 0 Å². The first-order valence-corrected chi connectivity index (χ1v) is 20.6. The van der Waals surface area contributed by atoms with Crippen LogP contribution in [0.5, 0.6) is 11.5 Å². The fourth-order valence-electron chi connectivity index (χ4n) is 10.4. The van der Waals surface area contributed by atoms with Gasteiger partial charge in [-0.1, -0.05) is 176 Å². The van der Waals surface area contributed by atoms with Crippen molar-refractivity contribution >= 4 is 60.5 Å². The molecule has 0 bridgehead atoms. The van der Waals surface area contributed by atoms with Crippen LogP contribution >= 0.6 is 0 Å². The first-order chi connectivity index (χ1) is 29.8. The van der Waals surface area contributed by atoms with Crippen LogP contribution in [0.25, 0.3) is 65.7 Å².